The van der Waals surface area contributed by atoms with Gasteiger partial charge in [0.15, 0.2) is 0 Å². The lowest BCUT2D eigenvalue weighted by Gasteiger charge is -2.25. The molecule has 0 fully saturated rings. The molecule has 0 spiro atoms. The van der Waals surface area contributed by atoms with E-state index in [0.29, 0.717) is 13.0 Å². The zero-order valence-corrected chi connectivity index (χ0v) is 13.1. The van der Waals surface area contributed by atoms with E-state index in [4.69, 9.17) is 0 Å². The number of benzene rings is 1. The Hall–Kier alpha value is -1.91. The average Bonchev–Trinajstić information content (AvgIpc) is 2.33. The maximum Gasteiger partial charge on any atom is 0.240 e. The zero-order chi connectivity index (χ0) is 16.0. The molecule has 21 heavy (non-hydrogen) atoms. The molecule has 0 radical (unpaired) electrons. The Balaban J connectivity index is 2.56. The Morgan fingerprint density at radius 2 is 1.76 bits per heavy atom. The van der Waals surface area contributed by atoms with Gasteiger partial charge >= 0.3 is 0 Å². The van der Waals surface area contributed by atoms with Gasteiger partial charge in [0.1, 0.15) is 5.82 Å². The summed E-state index contributed by atoms with van der Waals surface area (Å²) in [5.74, 6) is -0.621. The van der Waals surface area contributed by atoms with Crippen molar-refractivity contribution in [3.05, 3.63) is 35.6 Å². The Morgan fingerprint density at radius 1 is 1.19 bits per heavy atom. The molecule has 1 N–H and O–H groups in total. The highest BCUT2D eigenvalue weighted by atomic mass is 19.1. The molecular formula is C16H23FN2O2. The van der Waals surface area contributed by atoms with Gasteiger partial charge in [-0.05, 0) is 44.9 Å². The lowest BCUT2D eigenvalue weighted by atomic mass is 10.1. The third kappa shape index (κ3) is 6.88. The summed E-state index contributed by atoms with van der Waals surface area (Å²) < 4.78 is 12.8. The maximum absolute atomic E-state index is 12.8. The average molecular weight is 294 g/mol. The molecule has 0 bridgehead atoms. The van der Waals surface area contributed by atoms with Crippen LogP contribution in [-0.2, 0) is 16.0 Å². The summed E-state index contributed by atoms with van der Waals surface area (Å²) in [6.45, 7) is 7.58. The summed E-state index contributed by atoms with van der Waals surface area (Å²) in [5, 5.41) is 2.83. The van der Waals surface area contributed by atoms with Crippen LogP contribution in [-0.4, -0.2) is 35.3 Å². The number of hydrogen-bond donors (Lipinski definition) is 1. The van der Waals surface area contributed by atoms with Crippen LogP contribution in [0.5, 0.6) is 0 Å². The fourth-order valence-electron chi connectivity index (χ4n) is 1.89. The van der Waals surface area contributed by atoms with Gasteiger partial charge in [-0.25, -0.2) is 4.39 Å². The first-order valence-electron chi connectivity index (χ1n) is 6.98. The van der Waals surface area contributed by atoms with Crippen LogP contribution in [0.25, 0.3) is 0 Å². The standard InChI is InChI=1S/C16H23FN2O2/c1-12(20)19(11-15(21)18-16(2,3)4)10-9-13-5-7-14(17)8-6-13/h5-8H,9-11H2,1-4H3,(H,18,21). The molecule has 0 atom stereocenters. The second kappa shape index (κ2) is 7.20. The van der Waals surface area contributed by atoms with E-state index in [0.717, 1.165) is 5.56 Å². The first-order chi connectivity index (χ1) is 9.67. The van der Waals surface area contributed by atoms with Crippen molar-refractivity contribution in [2.24, 2.45) is 0 Å². The van der Waals surface area contributed by atoms with Gasteiger partial charge in [-0.2, -0.15) is 0 Å². The second-order valence-electron chi connectivity index (χ2n) is 6.12. The lowest BCUT2D eigenvalue weighted by Crippen LogP contribution is -2.47. The molecule has 1 aromatic rings. The van der Waals surface area contributed by atoms with Crippen molar-refractivity contribution >= 4 is 11.8 Å². The molecule has 0 aliphatic carbocycles. The molecular weight excluding hydrogens is 271 g/mol. The largest absolute Gasteiger partial charge is 0.350 e. The number of halogens is 1. The van der Waals surface area contributed by atoms with Crippen molar-refractivity contribution < 1.29 is 14.0 Å². The summed E-state index contributed by atoms with van der Waals surface area (Å²) in [5.41, 5.74) is 0.607. The van der Waals surface area contributed by atoms with Crippen molar-refractivity contribution in [2.45, 2.75) is 39.7 Å². The van der Waals surface area contributed by atoms with Gasteiger partial charge in [-0.3, -0.25) is 9.59 Å². The summed E-state index contributed by atoms with van der Waals surface area (Å²) in [7, 11) is 0. The van der Waals surface area contributed by atoms with Gasteiger partial charge in [-0.15, -0.1) is 0 Å². The molecule has 4 nitrogen and oxygen atoms in total. The van der Waals surface area contributed by atoms with Gasteiger partial charge < -0.3 is 10.2 Å². The molecule has 0 aliphatic rings. The molecule has 0 unspecified atom stereocenters. The molecule has 116 valence electrons. The summed E-state index contributed by atoms with van der Waals surface area (Å²) in [4.78, 5) is 25.0. The third-order valence-electron chi connectivity index (χ3n) is 2.88. The van der Waals surface area contributed by atoms with E-state index in [1.807, 2.05) is 20.8 Å². The predicted octanol–water partition coefficient (Wildman–Crippen LogP) is 2.13. The Bertz CT molecular complexity index is 492. The number of rotatable bonds is 5. The van der Waals surface area contributed by atoms with Crippen molar-refractivity contribution in [1.82, 2.24) is 10.2 Å². The maximum atomic E-state index is 12.8. The van der Waals surface area contributed by atoms with Crippen LogP contribution in [0.2, 0.25) is 0 Å². The van der Waals surface area contributed by atoms with E-state index in [9.17, 15) is 14.0 Å². The third-order valence-corrected chi connectivity index (χ3v) is 2.88. The van der Waals surface area contributed by atoms with Crippen LogP contribution in [0.1, 0.15) is 33.3 Å². The monoisotopic (exact) mass is 294 g/mol. The van der Waals surface area contributed by atoms with Gasteiger partial charge in [-0.1, -0.05) is 12.1 Å². The van der Waals surface area contributed by atoms with Gasteiger partial charge in [0.2, 0.25) is 11.8 Å². The number of amides is 2. The SMILES string of the molecule is CC(=O)N(CCc1ccc(F)cc1)CC(=O)NC(C)(C)C. The summed E-state index contributed by atoms with van der Waals surface area (Å²) >= 11 is 0. The number of carbonyl (C=O) groups is 2. The van der Waals surface area contributed by atoms with E-state index < -0.39 is 0 Å². The highest BCUT2D eigenvalue weighted by Gasteiger charge is 2.18. The van der Waals surface area contributed by atoms with E-state index in [1.54, 1.807) is 12.1 Å². The minimum atomic E-state index is -0.323. The molecule has 0 saturated heterocycles. The van der Waals surface area contributed by atoms with Crippen LogP contribution in [0.4, 0.5) is 4.39 Å². The van der Waals surface area contributed by atoms with Crippen LogP contribution in [0.15, 0.2) is 24.3 Å². The molecule has 0 aliphatic heterocycles. The van der Waals surface area contributed by atoms with Crippen molar-refractivity contribution in [3.8, 4) is 0 Å². The molecule has 0 heterocycles. The topological polar surface area (TPSA) is 49.4 Å². The van der Waals surface area contributed by atoms with Gasteiger partial charge in [0, 0.05) is 19.0 Å². The van der Waals surface area contributed by atoms with Gasteiger partial charge in [0.25, 0.3) is 0 Å². The van der Waals surface area contributed by atoms with E-state index in [1.165, 1.54) is 24.0 Å². The minimum Gasteiger partial charge on any atom is -0.350 e. The normalized spacial score (nSPS) is 11.1. The van der Waals surface area contributed by atoms with Crippen molar-refractivity contribution in [2.75, 3.05) is 13.1 Å². The number of carbonyl (C=O) groups excluding carboxylic acids is 2. The van der Waals surface area contributed by atoms with Crippen molar-refractivity contribution in [3.63, 3.8) is 0 Å². The fraction of sp³-hybridized carbons (Fsp3) is 0.500. The fourth-order valence-corrected chi connectivity index (χ4v) is 1.89. The highest BCUT2D eigenvalue weighted by Crippen LogP contribution is 2.05. The van der Waals surface area contributed by atoms with Crippen LogP contribution in [0, 0.1) is 5.82 Å². The molecule has 5 heteroatoms. The first-order valence-corrected chi connectivity index (χ1v) is 6.98. The Kier molecular flexibility index (Phi) is 5.88. The van der Waals surface area contributed by atoms with Crippen LogP contribution < -0.4 is 5.32 Å². The minimum absolute atomic E-state index is 0.0355. The Morgan fingerprint density at radius 3 is 2.24 bits per heavy atom. The number of nitrogens with one attached hydrogen (secondary N) is 1. The van der Waals surface area contributed by atoms with Crippen molar-refractivity contribution in [1.29, 1.82) is 0 Å². The smallest absolute Gasteiger partial charge is 0.240 e. The van der Waals surface area contributed by atoms with E-state index in [-0.39, 0.29) is 29.7 Å². The number of nitrogens with zero attached hydrogens (tertiary/aromatic N) is 1. The molecule has 1 rings (SSSR count). The molecule has 2 amide bonds. The molecule has 1 aromatic carbocycles. The van der Waals surface area contributed by atoms with E-state index >= 15 is 0 Å². The molecule has 0 aromatic heterocycles. The summed E-state index contributed by atoms with van der Waals surface area (Å²) in [6.07, 6.45) is 0.586. The quantitative estimate of drug-likeness (QED) is 0.904. The predicted molar refractivity (Wildman–Crippen MR) is 80.3 cm³/mol. The Labute approximate surface area is 125 Å². The second-order valence-corrected chi connectivity index (χ2v) is 6.12. The summed E-state index contributed by atoms with van der Waals surface area (Å²) in [6, 6.07) is 6.14. The van der Waals surface area contributed by atoms with Crippen LogP contribution >= 0.6 is 0 Å². The van der Waals surface area contributed by atoms with E-state index in [2.05, 4.69) is 5.32 Å². The van der Waals surface area contributed by atoms with Gasteiger partial charge in [0.05, 0.1) is 6.54 Å². The first kappa shape index (κ1) is 17.1. The lowest BCUT2D eigenvalue weighted by molar-refractivity contribution is -0.134. The highest BCUT2D eigenvalue weighted by molar-refractivity contribution is 5.84. The van der Waals surface area contributed by atoms with Crippen LogP contribution in [0.3, 0.4) is 0 Å². The molecule has 0 saturated carbocycles. The zero-order valence-electron chi connectivity index (χ0n) is 13.1. The number of hydrogen-bond acceptors (Lipinski definition) is 2.